The molecule has 7 nitrogen and oxygen atoms in total. The molecule has 8 heteroatoms. The van der Waals surface area contributed by atoms with Crippen LogP contribution in [0.4, 0.5) is 5.69 Å². The lowest BCUT2D eigenvalue weighted by atomic mass is 10.0. The SMILES string of the molecule is O=C(CCCCCCCCCCCPc1ccccc1)N[C@H](CO)[C@H](O)c1ccc([N+](=O)[O-])cc1. The summed E-state index contributed by atoms with van der Waals surface area (Å²) >= 11 is 0. The maximum absolute atomic E-state index is 12.2. The van der Waals surface area contributed by atoms with Crippen LogP contribution in [0.1, 0.15) is 75.9 Å². The number of amides is 1. The number of rotatable bonds is 18. The Balaban J connectivity index is 1.48. The first-order chi connectivity index (χ1) is 17.0. The fourth-order valence-electron chi connectivity index (χ4n) is 3.97. The monoisotopic (exact) mass is 502 g/mol. The Bertz CT molecular complexity index is 864. The Labute approximate surface area is 210 Å². The first-order valence-electron chi connectivity index (χ1n) is 12.6. The van der Waals surface area contributed by atoms with Gasteiger partial charge in [0.2, 0.25) is 5.91 Å². The van der Waals surface area contributed by atoms with Gasteiger partial charge in [-0.15, -0.1) is 0 Å². The third-order valence-electron chi connectivity index (χ3n) is 6.05. The number of benzene rings is 2. The van der Waals surface area contributed by atoms with Crippen molar-refractivity contribution in [2.24, 2.45) is 0 Å². The van der Waals surface area contributed by atoms with Crippen molar-refractivity contribution < 1.29 is 19.9 Å². The Hall–Kier alpha value is -2.34. The van der Waals surface area contributed by atoms with Crippen LogP contribution in [0, 0.1) is 10.1 Å². The molecule has 0 heterocycles. The lowest BCUT2D eigenvalue weighted by molar-refractivity contribution is -0.384. The van der Waals surface area contributed by atoms with E-state index in [4.69, 9.17) is 0 Å². The van der Waals surface area contributed by atoms with Crippen LogP contribution in [0.15, 0.2) is 54.6 Å². The summed E-state index contributed by atoms with van der Waals surface area (Å²) in [6.45, 7) is -0.420. The van der Waals surface area contributed by atoms with Crippen molar-refractivity contribution in [3.8, 4) is 0 Å². The van der Waals surface area contributed by atoms with E-state index in [0.717, 1.165) is 27.8 Å². The van der Waals surface area contributed by atoms with Crippen molar-refractivity contribution in [1.29, 1.82) is 0 Å². The van der Waals surface area contributed by atoms with E-state index in [-0.39, 0.29) is 11.6 Å². The van der Waals surface area contributed by atoms with Gasteiger partial charge in [-0.3, -0.25) is 14.9 Å². The van der Waals surface area contributed by atoms with E-state index in [1.54, 1.807) is 0 Å². The van der Waals surface area contributed by atoms with Gasteiger partial charge in [-0.2, -0.15) is 0 Å². The number of carbonyl (C=O) groups excluding carboxylic acids is 1. The van der Waals surface area contributed by atoms with Crippen LogP contribution >= 0.6 is 8.58 Å². The number of aliphatic hydroxyl groups is 2. The molecule has 3 atom stereocenters. The molecule has 35 heavy (non-hydrogen) atoms. The molecule has 0 aliphatic heterocycles. The van der Waals surface area contributed by atoms with Crippen molar-refractivity contribution in [2.75, 3.05) is 12.8 Å². The molecule has 0 aliphatic rings. The average Bonchev–Trinajstić information content (AvgIpc) is 2.88. The predicted molar refractivity (Wildman–Crippen MR) is 143 cm³/mol. The van der Waals surface area contributed by atoms with Crippen LogP contribution in [0.25, 0.3) is 0 Å². The molecule has 0 radical (unpaired) electrons. The fraction of sp³-hybridized carbons (Fsp3) is 0.519. The van der Waals surface area contributed by atoms with E-state index in [2.05, 4.69) is 35.6 Å². The van der Waals surface area contributed by atoms with E-state index < -0.39 is 23.7 Å². The Morgan fingerprint density at radius 1 is 0.886 bits per heavy atom. The number of carbonyl (C=O) groups is 1. The topological polar surface area (TPSA) is 113 Å². The summed E-state index contributed by atoms with van der Waals surface area (Å²) in [4.78, 5) is 22.5. The number of unbranched alkanes of at least 4 members (excludes halogenated alkanes) is 8. The number of nitrogens with zero attached hydrogens (tertiary/aromatic N) is 1. The largest absolute Gasteiger partial charge is 0.394 e. The van der Waals surface area contributed by atoms with E-state index in [0.29, 0.717) is 12.0 Å². The zero-order valence-electron chi connectivity index (χ0n) is 20.4. The molecule has 1 unspecified atom stereocenters. The maximum atomic E-state index is 12.2. The number of nitrogens with one attached hydrogen (secondary N) is 1. The maximum Gasteiger partial charge on any atom is 0.269 e. The molecule has 0 saturated carbocycles. The molecule has 0 aromatic heterocycles. The molecule has 1 amide bonds. The second kappa shape index (κ2) is 17.1. The summed E-state index contributed by atoms with van der Waals surface area (Å²) in [5.74, 6) is -0.207. The Kier molecular flexibility index (Phi) is 14.2. The molecule has 0 spiro atoms. The summed E-state index contributed by atoms with van der Waals surface area (Å²) in [5, 5.41) is 34.9. The molecule has 0 fully saturated rings. The highest BCUT2D eigenvalue weighted by atomic mass is 31.1. The zero-order valence-corrected chi connectivity index (χ0v) is 21.4. The summed E-state index contributed by atoms with van der Waals surface area (Å²) in [5.41, 5.74) is 0.330. The van der Waals surface area contributed by atoms with Gasteiger partial charge in [-0.05, 0) is 42.0 Å². The van der Waals surface area contributed by atoms with Gasteiger partial charge in [-0.25, -0.2) is 0 Å². The average molecular weight is 503 g/mol. The van der Waals surface area contributed by atoms with Gasteiger partial charge >= 0.3 is 0 Å². The number of aliphatic hydroxyl groups excluding tert-OH is 2. The standard InChI is InChI=1S/C27H39N2O5P/c30-21-25(27(32)22-16-18-23(19-17-22)29(33)34)28-26(31)15-11-6-4-2-1-3-5-7-12-20-35-24-13-9-8-10-14-24/h8-10,13-14,16-19,25,27,30,32,35H,1-7,11-12,15,20-21H2,(H,28,31)/t25-,27-/m1/s1. The fourth-order valence-corrected chi connectivity index (χ4v) is 5.11. The van der Waals surface area contributed by atoms with Gasteiger partial charge in [0.25, 0.3) is 5.69 Å². The van der Waals surface area contributed by atoms with Gasteiger partial charge in [0.15, 0.2) is 0 Å². The molecule has 0 aliphatic carbocycles. The third kappa shape index (κ3) is 11.8. The Morgan fingerprint density at radius 2 is 1.46 bits per heavy atom. The van der Waals surface area contributed by atoms with Crippen molar-refractivity contribution in [3.05, 3.63) is 70.3 Å². The van der Waals surface area contributed by atoms with Crippen LogP contribution in [0.2, 0.25) is 0 Å². The smallest absolute Gasteiger partial charge is 0.269 e. The number of nitro benzene ring substituents is 1. The summed E-state index contributed by atoms with van der Waals surface area (Å²) in [6.07, 6.45) is 11.0. The minimum Gasteiger partial charge on any atom is -0.394 e. The molecule has 192 valence electrons. The van der Waals surface area contributed by atoms with Gasteiger partial charge in [0, 0.05) is 18.6 Å². The molecular weight excluding hydrogens is 463 g/mol. The highest BCUT2D eigenvalue weighted by Crippen LogP contribution is 2.21. The van der Waals surface area contributed by atoms with Crippen LogP contribution in [0.3, 0.4) is 0 Å². The number of nitro groups is 1. The second-order valence-electron chi connectivity index (χ2n) is 8.87. The molecule has 2 aromatic rings. The lowest BCUT2D eigenvalue weighted by Crippen LogP contribution is -2.41. The second-order valence-corrected chi connectivity index (χ2v) is 10.3. The molecule has 0 bridgehead atoms. The van der Waals surface area contributed by atoms with Crippen molar-refractivity contribution in [1.82, 2.24) is 5.32 Å². The van der Waals surface area contributed by atoms with Crippen molar-refractivity contribution in [2.45, 2.75) is 76.4 Å². The van der Waals surface area contributed by atoms with E-state index in [9.17, 15) is 25.1 Å². The van der Waals surface area contributed by atoms with Crippen molar-refractivity contribution >= 4 is 25.5 Å². The molecular formula is C27H39N2O5P. The zero-order chi connectivity index (χ0) is 25.3. The third-order valence-corrected chi connectivity index (χ3v) is 7.40. The van der Waals surface area contributed by atoms with Crippen LogP contribution in [-0.2, 0) is 4.79 Å². The van der Waals surface area contributed by atoms with Crippen LogP contribution in [-0.4, -0.2) is 39.9 Å². The van der Waals surface area contributed by atoms with Gasteiger partial charge in [0.05, 0.1) is 17.6 Å². The summed E-state index contributed by atoms with van der Waals surface area (Å²) in [7, 11) is 0.919. The molecule has 2 rings (SSSR count). The van der Waals surface area contributed by atoms with Crippen LogP contribution in [0.5, 0.6) is 0 Å². The van der Waals surface area contributed by atoms with Crippen molar-refractivity contribution in [3.63, 3.8) is 0 Å². The quantitative estimate of drug-likeness (QED) is 0.115. The first-order valence-corrected chi connectivity index (χ1v) is 13.8. The Morgan fingerprint density at radius 3 is 2.03 bits per heavy atom. The molecule has 2 aromatic carbocycles. The lowest BCUT2D eigenvalue weighted by Gasteiger charge is -2.22. The number of non-ortho nitro benzene ring substituents is 1. The van der Waals surface area contributed by atoms with Gasteiger partial charge in [-0.1, -0.05) is 83.9 Å². The van der Waals surface area contributed by atoms with E-state index >= 15 is 0 Å². The highest BCUT2D eigenvalue weighted by Gasteiger charge is 2.22. The number of hydrogen-bond acceptors (Lipinski definition) is 5. The number of hydrogen-bond donors (Lipinski definition) is 3. The molecule has 3 N–H and O–H groups in total. The minimum atomic E-state index is -1.14. The van der Waals surface area contributed by atoms with Crippen LogP contribution < -0.4 is 10.6 Å². The van der Waals surface area contributed by atoms with E-state index in [1.807, 2.05) is 0 Å². The predicted octanol–water partition coefficient (Wildman–Crippen LogP) is 5.01. The van der Waals surface area contributed by atoms with Gasteiger partial charge < -0.3 is 15.5 Å². The summed E-state index contributed by atoms with van der Waals surface area (Å²) in [6, 6.07) is 15.3. The summed E-state index contributed by atoms with van der Waals surface area (Å²) < 4.78 is 0. The first kappa shape index (κ1) is 28.9. The molecule has 0 saturated heterocycles. The normalized spacial score (nSPS) is 13.1. The van der Waals surface area contributed by atoms with E-state index in [1.165, 1.54) is 74.3 Å². The minimum absolute atomic E-state index is 0.0790. The van der Waals surface area contributed by atoms with Gasteiger partial charge in [0.1, 0.15) is 6.10 Å². The highest BCUT2D eigenvalue weighted by molar-refractivity contribution is 7.47.